The molecular formula is C21H29NSi. The first-order valence-corrected chi connectivity index (χ1v) is 11.1. The molecule has 23 heavy (non-hydrogen) atoms. The number of aromatic amines is 1. The maximum atomic E-state index is 3.56. The van der Waals surface area contributed by atoms with Gasteiger partial charge in [-0.05, 0) is 28.8 Å². The topological polar surface area (TPSA) is 15.8 Å². The Morgan fingerprint density at radius 1 is 0.696 bits per heavy atom. The number of para-hydroxylation sites is 1. The number of H-pyrrole nitrogens is 1. The third kappa shape index (κ3) is 2.35. The fraction of sp³-hybridized carbons (Fsp3) is 0.429. The molecule has 0 aliphatic carbocycles. The number of aromatic nitrogens is 1. The van der Waals surface area contributed by atoms with Crippen LogP contribution in [0.3, 0.4) is 0 Å². The van der Waals surface area contributed by atoms with Crippen LogP contribution in [0.5, 0.6) is 0 Å². The number of fused-ring (bicyclic) bond motifs is 3. The van der Waals surface area contributed by atoms with Crippen LogP contribution >= 0.6 is 0 Å². The van der Waals surface area contributed by atoms with E-state index in [1.54, 1.807) is 5.19 Å². The van der Waals surface area contributed by atoms with Gasteiger partial charge in [-0.2, -0.15) is 0 Å². The minimum Gasteiger partial charge on any atom is -0.355 e. The summed E-state index contributed by atoms with van der Waals surface area (Å²) in [6, 6.07) is 15.9. The molecule has 0 aliphatic rings. The van der Waals surface area contributed by atoms with E-state index in [2.05, 4.69) is 89.0 Å². The molecule has 3 aromatic rings. The van der Waals surface area contributed by atoms with Gasteiger partial charge in [0.05, 0.1) is 8.07 Å². The summed E-state index contributed by atoms with van der Waals surface area (Å²) in [5.41, 5.74) is 4.72. The highest BCUT2D eigenvalue weighted by Gasteiger charge is 2.44. The predicted octanol–water partition coefficient (Wildman–Crippen LogP) is 6.21. The number of hydrogen-bond acceptors (Lipinski definition) is 0. The van der Waals surface area contributed by atoms with Gasteiger partial charge >= 0.3 is 0 Å². The maximum Gasteiger partial charge on any atom is 0.0942 e. The van der Waals surface area contributed by atoms with E-state index in [0.29, 0.717) is 0 Å². The molecule has 122 valence electrons. The summed E-state index contributed by atoms with van der Waals surface area (Å²) in [7, 11) is -1.60. The van der Waals surface area contributed by atoms with Crippen LogP contribution < -0.4 is 5.19 Å². The summed E-state index contributed by atoms with van der Waals surface area (Å²) >= 11 is 0. The molecule has 0 unspecified atom stereocenters. The first-order chi connectivity index (χ1) is 10.9. The number of nitrogens with one attached hydrogen (secondary N) is 1. The zero-order valence-corrected chi connectivity index (χ0v) is 16.3. The highest BCUT2D eigenvalue weighted by atomic mass is 28.3. The van der Waals surface area contributed by atoms with Gasteiger partial charge in [-0.15, -0.1) is 0 Å². The number of benzene rings is 2. The monoisotopic (exact) mass is 323 g/mol. The fourth-order valence-corrected chi connectivity index (χ4v) is 11.9. The van der Waals surface area contributed by atoms with Crippen LogP contribution in [0.4, 0.5) is 0 Å². The summed E-state index contributed by atoms with van der Waals surface area (Å²) in [6.07, 6.45) is 0. The van der Waals surface area contributed by atoms with Gasteiger partial charge in [0.2, 0.25) is 0 Å². The lowest BCUT2D eigenvalue weighted by Gasteiger charge is -2.43. The van der Waals surface area contributed by atoms with E-state index >= 15 is 0 Å². The van der Waals surface area contributed by atoms with Crippen LogP contribution in [0, 0.1) is 0 Å². The molecular weight excluding hydrogens is 294 g/mol. The standard InChI is InChI=1S/C21H29NSi/c1-14(2)23(15(3)4,16(5)6)17-11-12-21-19(13-17)18-9-7-8-10-20(18)22-21/h7-16,22H,1-6H3. The van der Waals surface area contributed by atoms with Gasteiger partial charge < -0.3 is 4.98 Å². The van der Waals surface area contributed by atoms with Gasteiger partial charge in [0, 0.05) is 21.8 Å². The molecule has 0 atom stereocenters. The van der Waals surface area contributed by atoms with Gasteiger partial charge in [0.1, 0.15) is 0 Å². The summed E-state index contributed by atoms with van der Waals surface area (Å²) < 4.78 is 0. The lowest BCUT2D eigenvalue weighted by molar-refractivity contribution is 0.835. The molecule has 0 saturated carbocycles. The third-order valence-electron chi connectivity index (χ3n) is 5.87. The highest BCUT2D eigenvalue weighted by molar-refractivity contribution is 6.95. The van der Waals surface area contributed by atoms with Crippen molar-refractivity contribution in [1.82, 2.24) is 4.98 Å². The summed E-state index contributed by atoms with van der Waals surface area (Å²) in [4.78, 5) is 3.56. The van der Waals surface area contributed by atoms with Gasteiger partial charge in [0.15, 0.2) is 0 Å². The van der Waals surface area contributed by atoms with Crippen molar-refractivity contribution in [2.75, 3.05) is 0 Å². The maximum absolute atomic E-state index is 3.56. The van der Waals surface area contributed by atoms with E-state index in [9.17, 15) is 0 Å². The van der Waals surface area contributed by atoms with Crippen molar-refractivity contribution in [2.24, 2.45) is 0 Å². The minimum absolute atomic E-state index is 0.741. The molecule has 0 spiro atoms. The molecule has 0 saturated heterocycles. The van der Waals surface area contributed by atoms with Crippen molar-refractivity contribution in [3.05, 3.63) is 42.5 Å². The molecule has 0 fully saturated rings. The second-order valence-corrected chi connectivity index (χ2v) is 13.7. The fourth-order valence-electron chi connectivity index (χ4n) is 5.12. The largest absolute Gasteiger partial charge is 0.355 e. The minimum atomic E-state index is -1.60. The smallest absolute Gasteiger partial charge is 0.0942 e. The second kappa shape index (κ2) is 5.83. The predicted molar refractivity (Wildman–Crippen MR) is 106 cm³/mol. The quantitative estimate of drug-likeness (QED) is 0.550. The Morgan fingerprint density at radius 2 is 1.26 bits per heavy atom. The first-order valence-electron chi connectivity index (χ1n) is 8.90. The van der Waals surface area contributed by atoms with Crippen LogP contribution in [0.2, 0.25) is 16.6 Å². The summed E-state index contributed by atoms with van der Waals surface area (Å²) in [5.74, 6) is 0. The average molecular weight is 324 g/mol. The highest BCUT2D eigenvalue weighted by Crippen LogP contribution is 2.41. The Morgan fingerprint density at radius 3 is 1.87 bits per heavy atom. The molecule has 1 heterocycles. The summed E-state index contributed by atoms with van der Waals surface area (Å²) in [5, 5.41) is 4.36. The van der Waals surface area contributed by atoms with E-state index in [0.717, 1.165) is 16.6 Å². The van der Waals surface area contributed by atoms with Crippen molar-refractivity contribution in [2.45, 2.75) is 58.2 Å². The van der Waals surface area contributed by atoms with E-state index in [-0.39, 0.29) is 0 Å². The van der Waals surface area contributed by atoms with E-state index in [1.165, 1.54) is 21.8 Å². The van der Waals surface area contributed by atoms with Crippen LogP contribution in [-0.2, 0) is 0 Å². The molecule has 0 aliphatic heterocycles. The Bertz CT molecular complexity index is 804. The van der Waals surface area contributed by atoms with Gasteiger partial charge in [0.25, 0.3) is 0 Å². The van der Waals surface area contributed by atoms with E-state index < -0.39 is 8.07 Å². The Kier molecular flexibility index (Phi) is 4.13. The molecule has 0 bridgehead atoms. The second-order valence-electron chi connectivity index (χ2n) is 7.83. The Balaban J connectivity index is 2.31. The molecule has 1 N–H and O–H groups in total. The summed E-state index contributed by atoms with van der Waals surface area (Å²) in [6.45, 7) is 14.6. The van der Waals surface area contributed by atoms with Crippen molar-refractivity contribution in [3.8, 4) is 0 Å². The van der Waals surface area contributed by atoms with Crippen molar-refractivity contribution >= 4 is 35.1 Å². The Hall–Kier alpha value is -1.54. The van der Waals surface area contributed by atoms with Gasteiger partial charge in [-0.1, -0.05) is 77.1 Å². The molecule has 0 amide bonds. The molecule has 2 aromatic carbocycles. The van der Waals surface area contributed by atoms with Crippen molar-refractivity contribution in [3.63, 3.8) is 0 Å². The van der Waals surface area contributed by atoms with E-state index in [4.69, 9.17) is 0 Å². The van der Waals surface area contributed by atoms with E-state index in [1.807, 2.05) is 0 Å². The SMILES string of the molecule is CC(C)[Si](c1ccc2[nH]c3ccccc3c2c1)(C(C)C)C(C)C. The first kappa shape index (κ1) is 16.3. The molecule has 0 radical (unpaired) electrons. The molecule has 2 heteroatoms. The number of hydrogen-bond donors (Lipinski definition) is 1. The van der Waals surface area contributed by atoms with Gasteiger partial charge in [-0.3, -0.25) is 0 Å². The zero-order valence-electron chi connectivity index (χ0n) is 15.3. The number of rotatable bonds is 4. The normalized spacial score (nSPS) is 13.1. The average Bonchev–Trinajstić information content (AvgIpc) is 2.85. The lowest BCUT2D eigenvalue weighted by Crippen LogP contribution is -2.55. The van der Waals surface area contributed by atoms with Crippen molar-refractivity contribution < 1.29 is 0 Å². The zero-order chi connectivity index (χ0) is 16.8. The van der Waals surface area contributed by atoms with Crippen LogP contribution in [0.25, 0.3) is 21.8 Å². The third-order valence-corrected chi connectivity index (χ3v) is 12.9. The van der Waals surface area contributed by atoms with Gasteiger partial charge in [-0.25, -0.2) is 0 Å². The molecule has 1 nitrogen and oxygen atoms in total. The molecule has 3 rings (SSSR count). The Labute approximate surface area is 141 Å². The van der Waals surface area contributed by atoms with Crippen LogP contribution in [-0.4, -0.2) is 13.1 Å². The van der Waals surface area contributed by atoms with Crippen molar-refractivity contribution in [1.29, 1.82) is 0 Å². The van der Waals surface area contributed by atoms with Crippen LogP contribution in [0.15, 0.2) is 42.5 Å². The lowest BCUT2D eigenvalue weighted by atomic mass is 10.1. The van der Waals surface area contributed by atoms with Crippen LogP contribution in [0.1, 0.15) is 41.5 Å². The molecule has 1 aromatic heterocycles.